The Balaban J connectivity index is 1.09. The highest BCUT2D eigenvalue weighted by molar-refractivity contribution is 7.80. The van der Waals surface area contributed by atoms with Gasteiger partial charge in [0.05, 0.1) is 26.3 Å². The molecule has 0 radical (unpaired) electrons. The van der Waals surface area contributed by atoms with Gasteiger partial charge in [-0.1, -0.05) is 25.0 Å². The van der Waals surface area contributed by atoms with Crippen molar-refractivity contribution in [3.8, 4) is 0 Å². The molecule has 11 atom stereocenters. The van der Waals surface area contributed by atoms with Crippen LogP contribution in [0.5, 0.6) is 0 Å². The number of amides is 1. The summed E-state index contributed by atoms with van der Waals surface area (Å²) in [6.07, 6.45) is -12.4. The first kappa shape index (κ1) is 54.8. The van der Waals surface area contributed by atoms with Crippen LogP contribution in [-0.2, 0) is 44.7 Å². The van der Waals surface area contributed by atoms with Gasteiger partial charge in [0.2, 0.25) is 5.91 Å². The second-order valence-electron chi connectivity index (χ2n) is 16.4. The zero-order valence-corrected chi connectivity index (χ0v) is 37.4. The van der Waals surface area contributed by atoms with E-state index in [9.17, 15) is 70.2 Å². The van der Waals surface area contributed by atoms with Crippen LogP contribution in [0.2, 0.25) is 0 Å². The van der Waals surface area contributed by atoms with Gasteiger partial charge in [-0.3, -0.25) is 33.9 Å². The number of carboxylic acids is 3. The number of carbonyl (C=O) groups is 4. The lowest BCUT2D eigenvalue weighted by Crippen LogP contribution is -2.64. The van der Waals surface area contributed by atoms with Crippen LogP contribution in [0.3, 0.4) is 0 Å². The van der Waals surface area contributed by atoms with Crippen LogP contribution in [0.25, 0.3) is 0 Å². The number of nitrogens with one attached hydrogen (secondary N) is 3. The summed E-state index contributed by atoms with van der Waals surface area (Å²) in [5.74, 6) is -3.57. The normalized spacial score (nSPS) is 28.6. The van der Waals surface area contributed by atoms with Crippen molar-refractivity contribution in [3.05, 3.63) is 29.8 Å². The maximum absolute atomic E-state index is 12.8. The molecule has 3 aliphatic heterocycles. The quantitative estimate of drug-likeness (QED) is 0.0348. The Labute approximate surface area is 387 Å². The van der Waals surface area contributed by atoms with Gasteiger partial charge in [0.15, 0.2) is 17.7 Å². The molecule has 3 aliphatic rings. The second kappa shape index (κ2) is 27.9. The molecule has 66 heavy (non-hydrogen) atoms. The summed E-state index contributed by atoms with van der Waals surface area (Å²) in [5.41, 5.74) is 1.51. The third-order valence-corrected chi connectivity index (χ3v) is 11.8. The number of rotatable bonds is 24. The zero-order valence-electron chi connectivity index (χ0n) is 36.6. The number of carbonyl (C=O) groups excluding carboxylic acids is 1. The number of ether oxygens (including phenoxy) is 4. The first-order chi connectivity index (χ1) is 31.5. The number of unbranched alkanes of at least 4 members (excludes halogenated alkanes) is 3. The fourth-order valence-corrected chi connectivity index (χ4v) is 7.96. The molecular formula is C41H66N6O18S. The van der Waals surface area contributed by atoms with Crippen molar-refractivity contribution in [2.75, 3.05) is 84.0 Å². The average Bonchev–Trinajstić information content (AvgIpc) is 3.36. The van der Waals surface area contributed by atoms with Crippen LogP contribution in [0.4, 0.5) is 5.69 Å². The lowest BCUT2D eigenvalue weighted by Gasteiger charge is -2.45. The third-order valence-electron chi connectivity index (χ3n) is 11.5. The molecule has 3 heterocycles. The Bertz CT molecular complexity index is 1660. The Kier molecular flexibility index (Phi) is 23.2. The molecule has 374 valence electrons. The molecule has 3 saturated heterocycles. The van der Waals surface area contributed by atoms with E-state index in [2.05, 4.69) is 16.0 Å². The van der Waals surface area contributed by atoms with Crippen molar-refractivity contribution in [2.24, 2.45) is 0 Å². The number of hydrogen-bond donors (Lipinski definition) is 13. The van der Waals surface area contributed by atoms with E-state index in [-0.39, 0.29) is 71.2 Å². The van der Waals surface area contributed by atoms with Crippen LogP contribution < -0.4 is 16.0 Å². The maximum atomic E-state index is 12.8. The second-order valence-corrected chi connectivity index (χ2v) is 16.8. The number of aliphatic hydroxyl groups excluding tert-OH is 7. The van der Waals surface area contributed by atoms with Crippen molar-refractivity contribution >= 4 is 46.8 Å². The summed E-state index contributed by atoms with van der Waals surface area (Å²) in [4.78, 5) is 52.8. The highest BCUT2D eigenvalue weighted by Gasteiger charge is 2.50. The Morgan fingerprint density at radius 2 is 1.29 bits per heavy atom. The van der Waals surface area contributed by atoms with Gasteiger partial charge in [-0.15, -0.1) is 0 Å². The lowest BCUT2D eigenvalue weighted by atomic mass is 9.97. The summed E-state index contributed by atoms with van der Waals surface area (Å²) in [5, 5.41) is 109. The van der Waals surface area contributed by atoms with Gasteiger partial charge >= 0.3 is 17.9 Å². The van der Waals surface area contributed by atoms with Gasteiger partial charge in [0.1, 0.15) is 54.9 Å². The van der Waals surface area contributed by atoms with Crippen LogP contribution in [-0.4, -0.2) is 241 Å². The van der Waals surface area contributed by atoms with Crippen LogP contribution in [0, 0.1) is 0 Å². The minimum atomic E-state index is -1.76. The van der Waals surface area contributed by atoms with Crippen molar-refractivity contribution < 1.29 is 89.2 Å². The molecule has 3 fully saturated rings. The summed E-state index contributed by atoms with van der Waals surface area (Å²) in [6.45, 7) is 0.689. The van der Waals surface area contributed by atoms with Gasteiger partial charge in [-0.2, -0.15) is 0 Å². The van der Waals surface area contributed by atoms with E-state index in [1.54, 1.807) is 39.0 Å². The molecule has 1 aromatic rings. The zero-order chi connectivity index (χ0) is 48.3. The number of aliphatic hydroxyl groups is 7. The van der Waals surface area contributed by atoms with E-state index < -0.39 is 98.6 Å². The summed E-state index contributed by atoms with van der Waals surface area (Å²) in [7, 11) is 0. The van der Waals surface area contributed by atoms with E-state index in [0.717, 1.165) is 24.8 Å². The van der Waals surface area contributed by atoms with Gasteiger partial charge in [0, 0.05) is 71.1 Å². The summed E-state index contributed by atoms with van der Waals surface area (Å²) >= 11 is 5.42. The van der Waals surface area contributed by atoms with E-state index in [4.69, 9.17) is 31.2 Å². The first-order valence-electron chi connectivity index (χ1n) is 22.0. The lowest BCUT2D eigenvalue weighted by molar-refractivity contribution is -0.359. The van der Waals surface area contributed by atoms with Gasteiger partial charge in [-0.25, -0.2) is 0 Å². The van der Waals surface area contributed by atoms with Crippen molar-refractivity contribution in [3.63, 3.8) is 0 Å². The number of thiocarbonyl (C=S) groups is 1. The molecule has 0 spiro atoms. The molecule has 4 rings (SSSR count). The predicted octanol–water partition coefficient (Wildman–Crippen LogP) is -3.89. The van der Waals surface area contributed by atoms with E-state index in [1.807, 2.05) is 0 Å². The fourth-order valence-electron chi connectivity index (χ4n) is 7.74. The van der Waals surface area contributed by atoms with Crippen molar-refractivity contribution in [1.82, 2.24) is 25.3 Å². The summed E-state index contributed by atoms with van der Waals surface area (Å²) < 4.78 is 22.2. The van der Waals surface area contributed by atoms with Crippen LogP contribution in [0.15, 0.2) is 24.3 Å². The number of carboxylic acid groups (broad SMARTS) is 3. The third kappa shape index (κ3) is 17.4. The molecule has 0 saturated carbocycles. The highest BCUT2D eigenvalue weighted by Crippen LogP contribution is 2.29. The number of anilines is 1. The molecule has 5 unspecified atom stereocenters. The van der Waals surface area contributed by atoms with Crippen LogP contribution in [0.1, 0.15) is 44.1 Å². The molecule has 0 aromatic heterocycles. The molecule has 1 aromatic carbocycles. The number of aliphatic carboxylic acids is 3. The van der Waals surface area contributed by atoms with Crippen molar-refractivity contribution in [2.45, 2.75) is 113 Å². The number of nitrogens with zero attached hydrogens (tertiary/aromatic N) is 3. The first-order valence-corrected chi connectivity index (χ1v) is 22.4. The SMILES string of the molecule is O=C(O)CN1CCN(CC(=O)O)CCN(C(CCC(=O)NCc2ccc(NC(=S)NCCCCCCO[C@@H]3OC(CO)[C@@H](O[C@@H]4OC(CO)[C@H](O)[C@H](O)C4O)[C@H](O)C3O)cc2)C(=O)O)CC1. The van der Waals surface area contributed by atoms with E-state index in [1.165, 1.54) is 0 Å². The molecule has 1 amide bonds. The van der Waals surface area contributed by atoms with Crippen molar-refractivity contribution in [1.29, 1.82) is 0 Å². The van der Waals surface area contributed by atoms with E-state index >= 15 is 0 Å². The average molecular weight is 963 g/mol. The van der Waals surface area contributed by atoms with E-state index in [0.29, 0.717) is 36.9 Å². The van der Waals surface area contributed by atoms with Gasteiger partial charge in [-0.05, 0) is 49.2 Å². The Hall–Kier alpha value is -3.77. The largest absolute Gasteiger partial charge is 0.480 e. The predicted molar refractivity (Wildman–Crippen MR) is 234 cm³/mol. The molecule has 25 heteroatoms. The minimum Gasteiger partial charge on any atom is -0.480 e. The molecular weight excluding hydrogens is 897 g/mol. The summed E-state index contributed by atoms with van der Waals surface area (Å²) in [6, 6.07) is 6.17. The maximum Gasteiger partial charge on any atom is 0.320 e. The van der Waals surface area contributed by atoms with Gasteiger partial charge in [0.25, 0.3) is 0 Å². The minimum absolute atomic E-state index is 0.0000803. The van der Waals surface area contributed by atoms with Crippen LogP contribution >= 0.6 is 12.2 Å². The Morgan fingerprint density at radius 3 is 1.88 bits per heavy atom. The molecule has 0 aliphatic carbocycles. The Morgan fingerprint density at radius 1 is 0.712 bits per heavy atom. The number of benzene rings is 1. The topological polar surface area (TPSA) is 353 Å². The molecule has 24 nitrogen and oxygen atoms in total. The number of hydrogen-bond acceptors (Lipinski definition) is 19. The highest BCUT2D eigenvalue weighted by atomic mass is 32.1. The standard InChI is InChI=1S/C41H66N6O18S/c48-22-27-32(55)33(56)35(58)40(63-27)65-37-28(23-49)64-39(36(59)34(37)57)62-18-4-2-1-3-11-42-41(66)44-25-7-5-24(6-8-25)19-43-29(50)10-9-26(38(60)61)47-16-14-45(20-30(51)52)12-13-46(15-17-47)21-31(53)54/h5-8,26-28,32-37,39-40,48-49,55-59H,1-4,9-23H2,(H,43,50)(H,51,52)(H,53,54)(H,60,61)(H2,42,44,66)/t26?,27?,28?,32-,33-,34+,35?,36?,37+,39+,40-/m0/s1. The van der Waals surface area contributed by atoms with Gasteiger partial charge < -0.3 is 86.0 Å². The fraction of sp³-hybridized carbons (Fsp3) is 0.732. The smallest absolute Gasteiger partial charge is 0.320 e. The molecule has 0 bridgehead atoms. The monoisotopic (exact) mass is 962 g/mol. The molecule has 13 N–H and O–H groups in total.